The lowest BCUT2D eigenvalue weighted by Crippen LogP contribution is -2.12. The molecule has 1 aromatic carbocycles. The van der Waals surface area contributed by atoms with E-state index in [9.17, 15) is 4.79 Å². The number of hydrogen-bond donors (Lipinski definition) is 0. The number of carbonyl (C=O) groups is 1. The highest BCUT2D eigenvalue weighted by atomic mass is 16.1. The predicted octanol–water partition coefficient (Wildman–Crippen LogP) is 6.34. The van der Waals surface area contributed by atoms with Gasteiger partial charge >= 0.3 is 0 Å². The van der Waals surface area contributed by atoms with Gasteiger partial charge in [0.1, 0.15) is 0 Å². The zero-order chi connectivity index (χ0) is 22.9. The van der Waals surface area contributed by atoms with Gasteiger partial charge in [-0.25, -0.2) is 0 Å². The molecule has 1 fully saturated rings. The van der Waals surface area contributed by atoms with E-state index in [1.165, 1.54) is 17.0 Å². The Kier molecular flexibility index (Phi) is 8.49. The monoisotopic (exact) mass is 428 g/mol. The zero-order valence-corrected chi connectivity index (χ0v) is 19.9. The molecule has 2 aliphatic carbocycles. The van der Waals surface area contributed by atoms with E-state index in [-0.39, 0.29) is 11.7 Å². The lowest BCUT2D eigenvalue weighted by molar-refractivity contribution is -0.117. The molecule has 0 spiro atoms. The molecule has 3 rings (SSSR count). The number of Topliss-reactive ketones (excluding diaryl/α,β-unsaturated/α-hetero) is 1. The summed E-state index contributed by atoms with van der Waals surface area (Å²) >= 11 is 0. The lowest BCUT2D eigenvalue weighted by Gasteiger charge is -2.17. The molecular weight excluding hydrogens is 392 g/mol. The fraction of sp³-hybridized carbons (Fsp3) is 0.345. The molecule has 0 saturated heterocycles. The van der Waals surface area contributed by atoms with Gasteiger partial charge in [0.15, 0.2) is 5.78 Å². The van der Waals surface area contributed by atoms with E-state index < -0.39 is 0 Å². The number of ketones is 1. The van der Waals surface area contributed by atoms with Crippen LogP contribution in [0, 0.1) is 5.92 Å². The number of allylic oxidation sites excluding steroid dienone is 10. The average Bonchev–Trinajstić information content (AvgIpc) is 2.96. The molecule has 32 heavy (non-hydrogen) atoms. The van der Waals surface area contributed by atoms with Crippen molar-refractivity contribution in [1.82, 2.24) is 4.90 Å². The summed E-state index contributed by atoms with van der Waals surface area (Å²) in [5.74, 6) is 0.257. The quantitative estimate of drug-likeness (QED) is 0.390. The van der Waals surface area contributed by atoms with E-state index in [0.29, 0.717) is 0 Å². The first-order valence-electron chi connectivity index (χ1n) is 11.6. The SMILES string of the molecule is CN(C)C1=CCC(=CC=CC2CCCCC(=CC=Cc3ccc(N(C)C)cc3)C2=O)C=C1. The summed E-state index contributed by atoms with van der Waals surface area (Å²) < 4.78 is 0. The maximum Gasteiger partial charge on any atom is 0.165 e. The van der Waals surface area contributed by atoms with Crippen molar-refractivity contribution < 1.29 is 4.79 Å². The molecule has 0 aliphatic heterocycles. The first kappa shape index (κ1) is 23.6. The Labute approximate surface area is 193 Å². The maximum atomic E-state index is 13.1. The van der Waals surface area contributed by atoms with Crippen LogP contribution in [0.3, 0.4) is 0 Å². The van der Waals surface area contributed by atoms with E-state index in [1.807, 2.05) is 26.2 Å². The van der Waals surface area contributed by atoms with Crippen molar-refractivity contribution in [3.63, 3.8) is 0 Å². The Balaban J connectivity index is 1.63. The van der Waals surface area contributed by atoms with E-state index in [1.54, 1.807) is 0 Å². The molecular formula is C29H36N2O. The predicted molar refractivity (Wildman–Crippen MR) is 138 cm³/mol. The molecule has 1 atom stereocenters. The molecule has 1 saturated carbocycles. The molecule has 0 bridgehead atoms. The van der Waals surface area contributed by atoms with Crippen molar-refractivity contribution in [2.24, 2.45) is 5.92 Å². The van der Waals surface area contributed by atoms with Crippen LogP contribution in [0.1, 0.15) is 37.7 Å². The average molecular weight is 429 g/mol. The topological polar surface area (TPSA) is 23.6 Å². The highest BCUT2D eigenvalue weighted by Gasteiger charge is 2.21. The maximum absolute atomic E-state index is 13.1. The van der Waals surface area contributed by atoms with E-state index in [0.717, 1.165) is 43.2 Å². The Morgan fingerprint density at radius 1 is 0.906 bits per heavy atom. The van der Waals surface area contributed by atoms with Gasteiger partial charge in [0.05, 0.1) is 0 Å². The van der Waals surface area contributed by atoms with Crippen LogP contribution in [0.4, 0.5) is 5.69 Å². The van der Waals surface area contributed by atoms with E-state index in [4.69, 9.17) is 0 Å². The van der Waals surface area contributed by atoms with Gasteiger partial charge in [0.25, 0.3) is 0 Å². The summed E-state index contributed by atoms with van der Waals surface area (Å²) in [6, 6.07) is 8.43. The second kappa shape index (κ2) is 11.5. The fourth-order valence-electron chi connectivity index (χ4n) is 4.00. The third-order valence-corrected chi connectivity index (χ3v) is 6.05. The van der Waals surface area contributed by atoms with Crippen LogP contribution in [0.25, 0.3) is 6.08 Å². The van der Waals surface area contributed by atoms with Gasteiger partial charge in [-0.1, -0.05) is 67.2 Å². The second-order valence-corrected chi connectivity index (χ2v) is 8.94. The molecule has 1 aromatic rings. The number of rotatable bonds is 6. The Bertz CT molecular complexity index is 969. The van der Waals surface area contributed by atoms with Crippen molar-refractivity contribution in [2.45, 2.75) is 32.1 Å². The van der Waals surface area contributed by atoms with Gasteiger partial charge < -0.3 is 9.80 Å². The van der Waals surface area contributed by atoms with Gasteiger partial charge in [-0.3, -0.25) is 4.79 Å². The number of anilines is 1. The van der Waals surface area contributed by atoms with Gasteiger partial charge in [0, 0.05) is 45.5 Å². The number of nitrogens with zero attached hydrogens (tertiary/aromatic N) is 2. The van der Waals surface area contributed by atoms with Crippen LogP contribution in [-0.4, -0.2) is 38.9 Å². The molecule has 0 radical (unpaired) electrons. The molecule has 0 aromatic heterocycles. The van der Waals surface area contributed by atoms with Gasteiger partial charge in [-0.05, 0) is 60.6 Å². The van der Waals surface area contributed by atoms with Gasteiger partial charge in [-0.15, -0.1) is 0 Å². The van der Waals surface area contributed by atoms with Crippen LogP contribution in [0.2, 0.25) is 0 Å². The molecule has 3 nitrogen and oxygen atoms in total. The molecule has 0 heterocycles. The molecule has 168 valence electrons. The van der Waals surface area contributed by atoms with E-state index >= 15 is 0 Å². The number of benzene rings is 1. The van der Waals surface area contributed by atoms with Crippen molar-refractivity contribution in [1.29, 1.82) is 0 Å². The Morgan fingerprint density at radius 2 is 1.69 bits per heavy atom. The number of likely N-dealkylation sites (N-methyl/N-ethyl adjacent to an activating group) is 1. The van der Waals surface area contributed by atoms with Gasteiger partial charge in [0.2, 0.25) is 0 Å². The summed E-state index contributed by atoms with van der Waals surface area (Å²) in [7, 11) is 8.20. The van der Waals surface area contributed by atoms with Crippen LogP contribution < -0.4 is 4.90 Å². The van der Waals surface area contributed by atoms with Crippen LogP contribution >= 0.6 is 0 Å². The minimum Gasteiger partial charge on any atom is -0.378 e. The Morgan fingerprint density at radius 3 is 2.34 bits per heavy atom. The zero-order valence-electron chi connectivity index (χ0n) is 19.9. The largest absolute Gasteiger partial charge is 0.378 e. The third-order valence-electron chi connectivity index (χ3n) is 6.05. The smallest absolute Gasteiger partial charge is 0.165 e. The van der Waals surface area contributed by atoms with Crippen LogP contribution in [-0.2, 0) is 4.79 Å². The molecule has 0 N–H and O–H groups in total. The molecule has 0 amide bonds. The van der Waals surface area contributed by atoms with Crippen molar-refractivity contribution in [3.8, 4) is 0 Å². The van der Waals surface area contributed by atoms with Gasteiger partial charge in [-0.2, -0.15) is 0 Å². The van der Waals surface area contributed by atoms with Crippen LogP contribution in [0.5, 0.6) is 0 Å². The summed E-state index contributed by atoms with van der Waals surface area (Å²) in [4.78, 5) is 17.3. The van der Waals surface area contributed by atoms with Crippen molar-refractivity contribution in [2.75, 3.05) is 33.1 Å². The van der Waals surface area contributed by atoms with Crippen molar-refractivity contribution >= 4 is 17.5 Å². The first-order chi connectivity index (χ1) is 15.4. The minimum absolute atomic E-state index is 0.0196. The second-order valence-electron chi connectivity index (χ2n) is 8.94. The standard InChI is InChI=1S/C29H36N2O/c1-30(2)27-19-15-23(16-20-27)9-7-13-25-11-5-6-12-26(29(25)32)14-8-10-24-17-21-28(22-18-24)31(3)4/h7-10,13-17,19-22,26H,5-6,11-12,18H2,1-4H3. The van der Waals surface area contributed by atoms with Crippen LogP contribution in [0.15, 0.2) is 89.7 Å². The summed E-state index contributed by atoms with van der Waals surface area (Å²) in [6.45, 7) is 0. The first-order valence-corrected chi connectivity index (χ1v) is 11.6. The van der Waals surface area contributed by atoms with E-state index in [2.05, 4.69) is 90.7 Å². The summed E-state index contributed by atoms with van der Waals surface area (Å²) in [5.41, 5.74) is 5.78. The summed E-state index contributed by atoms with van der Waals surface area (Å²) in [5, 5.41) is 0. The minimum atomic E-state index is -0.0196. The number of hydrogen-bond acceptors (Lipinski definition) is 3. The molecule has 2 aliphatic rings. The highest BCUT2D eigenvalue weighted by molar-refractivity contribution is 5.98. The normalized spacial score (nSPS) is 22.1. The summed E-state index contributed by atoms with van der Waals surface area (Å²) in [6.07, 6.45) is 23.9. The Hall–Kier alpha value is -3.07. The third kappa shape index (κ3) is 6.71. The fourth-order valence-corrected chi connectivity index (χ4v) is 4.00. The van der Waals surface area contributed by atoms with Crippen molar-refractivity contribution in [3.05, 3.63) is 95.3 Å². The molecule has 1 unspecified atom stereocenters. The molecule has 3 heteroatoms. The lowest BCUT2D eigenvalue weighted by atomic mass is 9.94. The highest BCUT2D eigenvalue weighted by Crippen LogP contribution is 2.26. The number of carbonyl (C=O) groups excluding carboxylic acids is 1.